The number of hydrogen-bond acceptors (Lipinski definition) is 15. The molecule has 0 heterocycles. The Kier molecular flexibility index (Phi) is 60.3. The monoisotopic (exact) mass is 1340 g/mol. The Labute approximate surface area is 556 Å². The van der Waals surface area contributed by atoms with Gasteiger partial charge in [0.25, 0.3) is 0 Å². The molecule has 5 atom stereocenters. The third-order valence-electron chi connectivity index (χ3n) is 16.6. The molecule has 540 valence electrons. The van der Waals surface area contributed by atoms with Crippen molar-refractivity contribution in [2.45, 2.75) is 375 Å². The Morgan fingerprint density at radius 3 is 0.681 bits per heavy atom. The number of ether oxygens (including phenoxy) is 4. The Balaban J connectivity index is 5.13. The molecule has 0 bridgehead atoms. The number of aliphatic hydroxyl groups is 1. The third kappa shape index (κ3) is 66.5. The normalized spacial score (nSPS) is 14.2. The lowest BCUT2D eigenvalue weighted by molar-refractivity contribution is -0.161. The first-order valence-corrected chi connectivity index (χ1v) is 40.2. The summed E-state index contributed by atoms with van der Waals surface area (Å²) in [6, 6.07) is 0. The van der Waals surface area contributed by atoms with Crippen molar-refractivity contribution in [3.63, 3.8) is 0 Å². The maximum absolute atomic E-state index is 13.0. The van der Waals surface area contributed by atoms with Gasteiger partial charge in [-0.25, -0.2) is 9.13 Å². The number of phosphoric acid groups is 2. The van der Waals surface area contributed by atoms with Crippen molar-refractivity contribution in [2.24, 2.45) is 23.7 Å². The number of carbonyl (C=O) groups excluding carboxylic acids is 4. The molecule has 0 amide bonds. The van der Waals surface area contributed by atoms with Crippen LogP contribution in [0.4, 0.5) is 0 Å². The second kappa shape index (κ2) is 61.6. The summed E-state index contributed by atoms with van der Waals surface area (Å²) in [5.41, 5.74) is 0. The van der Waals surface area contributed by atoms with Crippen LogP contribution in [-0.4, -0.2) is 96.7 Å². The zero-order chi connectivity index (χ0) is 67.5. The van der Waals surface area contributed by atoms with E-state index in [1.807, 2.05) is 0 Å². The van der Waals surface area contributed by atoms with Crippen molar-refractivity contribution in [1.29, 1.82) is 0 Å². The maximum Gasteiger partial charge on any atom is 0.472 e. The van der Waals surface area contributed by atoms with E-state index in [0.717, 1.165) is 108 Å². The number of hydrogen-bond donors (Lipinski definition) is 3. The summed E-state index contributed by atoms with van der Waals surface area (Å²) >= 11 is 0. The van der Waals surface area contributed by atoms with Crippen molar-refractivity contribution in [3.05, 3.63) is 0 Å². The summed E-state index contributed by atoms with van der Waals surface area (Å²) in [5, 5.41) is 10.6. The Morgan fingerprint density at radius 1 is 0.275 bits per heavy atom. The zero-order valence-corrected chi connectivity index (χ0v) is 61.3. The standard InChI is InChI=1S/C72H140O17P2/c1-62(2)48-40-32-24-20-17-15-13-11-9-10-12-14-16-18-22-26-36-44-52-69(74)82-58-67(88-71(76)54-46-38-27-23-19-21-25-33-41-49-63(3)4)60-86-90(78,79)84-56-66(73)57-85-91(80,81)87-61-68(89-72(77)55-47-39-31-29-35-43-51-65(7)8)59-83-70(75)53-45-37-30-28-34-42-50-64(5)6/h62-68,73H,9-61H2,1-8H3,(H,78,79)(H,80,81)/t66-,67-,68-/m1/s1. The van der Waals surface area contributed by atoms with E-state index in [9.17, 15) is 43.2 Å². The molecule has 0 aromatic carbocycles. The summed E-state index contributed by atoms with van der Waals surface area (Å²) in [6.45, 7) is 14.0. The van der Waals surface area contributed by atoms with E-state index >= 15 is 0 Å². The van der Waals surface area contributed by atoms with Gasteiger partial charge in [-0.1, -0.05) is 306 Å². The van der Waals surface area contributed by atoms with Crippen LogP contribution in [-0.2, 0) is 65.4 Å². The molecule has 19 heteroatoms. The summed E-state index contributed by atoms with van der Waals surface area (Å²) in [4.78, 5) is 72.5. The van der Waals surface area contributed by atoms with Crippen molar-refractivity contribution in [3.8, 4) is 0 Å². The molecule has 0 aromatic heterocycles. The minimum Gasteiger partial charge on any atom is -0.462 e. The molecule has 0 spiro atoms. The predicted octanol–water partition coefficient (Wildman–Crippen LogP) is 20.5. The molecular formula is C72H140O17P2. The lowest BCUT2D eigenvalue weighted by Crippen LogP contribution is -2.30. The van der Waals surface area contributed by atoms with Gasteiger partial charge >= 0.3 is 39.5 Å². The van der Waals surface area contributed by atoms with Crippen molar-refractivity contribution >= 4 is 39.5 Å². The zero-order valence-electron chi connectivity index (χ0n) is 59.5. The molecule has 91 heavy (non-hydrogen) atoms. The van der Waals surface area contributed by atoms with E-state index in [4.69, 9.17) is 37.0 Å². The van der Waals surface area contributed by atoms with Crippen LogP contribution < -0.4 is 0 Å². The highest BCUT2D eigenvalue weighted by atomic mass is 31.2. The number of rotatable bonds is 69. The molecule has 0 fully saturated rings. The quantitative estimate of drug-likeness (QED) is 0.0222. The fourth-order valence-corrected chi connectivity index (χ4v) is 12.4. The molecule has 0 radical (unpaired) electrons. The molecule has 3 N–H and O–H groups in total. The summed E-state index contributed by atoms with van der Waals surface area (Å²) in [7, 11) is -9.90. The van der Waals surface area contributed by atoms with Gasteiger partial charge in [-0.3, -0.25) is 37.3 Å². The van der Waals surface area contributed by atoms with Gasteiger partial charge < -0.3 is 33.8 Å². The number of carbonyl (C=O) groups is 4. The maximum atomic E-state index is 13.0. The Morgan fingerprint density at radius 2 is 0.462 bits per heavy atom. The van der Waals surface area contributed by atoms with Gasteiger partial charge in [0.05, 0.1) is 26.4 Å². The molecule has 0 aliphatic carbocycles. The summed E-state index contributed by atoms with van der Waals surface area (Å²) in [6.07, 6.45) is 45.0. The number of phosphoric ester groups is 2. The minimum atomic E-state index is -4.95. The first-order valence-electron chi connectivity index (χ1n) is 37.2. The van der Waals surface area contributed by atoms with Crippen LogP contribution in [0, 0.1) is 23.7 Å². The van der Waals surface area contributed by atoms with Crippen LogP contribution in [0.3, 0.4) is 0 Å². The van der Waals surface area contributed by atoms with E-state index in [2.05, 4.69) is 55.4 Å². The highest BCUT2D eigenvalue weighted by molar-refractivity contribution is 7.47. The molecule has 2 unspecified atom stereocenters. The smallest absolute Gasteiger partial charge is 0.462 e. The van der Waals surface area contributed by atoms with E-state index in [1.165, 1.54) is 154 Å². The van der Waals surface area contributed by atoms with Crippen LogP contribution in [0.1, 0.15) is 357 Å². The Hall–Kier alpha value is -1.94. The largest absolute Gasteiger partial charge is 0.472 e. The SMILES string of the molecule is CC(C)CCCCCCCCCCCCCCCCCCCCC(=O)OC[C@H](COP(=O)(O)OC[C@@H](O)COP(=O)(O)OC[C@@H](COC(=O)CCCCCCCCC(C)C)OC(=O)CCCCCCCCC(C)C)OC(=O)CCCCCCCCCCCC(C)C. The highest BCUT2D eigenvalue weighted by Crippen LogP contribution is 2.45. The molecule has 0 aromatic rings. The second-order valence-electron chi connectivity index (χ2n) is 27.9. The topological polar surface area (TPSA) is 237 Å². The second-order valence-corrected chi connectivity index (χ2v) is 30.8. The van der Waals surface area contributed by atoms with Gasteiger partial charge in [0.2, 0.25) is 0 Å². The third-order valence-corrected chi connectivity index (χ3v) is 18.5. The molecule has 0 saturated heterocycles. The Bertz CT molecular complexity index is 1800. The predicted molar refractivity (Wildman–Crippen MR) is 367 cm³/mol. The molecule has 0 saturated carbocycles. The van der Waals surface area contributed by atoms with Crippen LogP contribution in [0.5, 0.6) is 0 Å². The fraction of sp³-hybridized carbons (Fsp3) is 0.944. The van der Waals surface area contributed by atoms with E-state index in [0.29, 0.717) is 37.5 Å². The van der Waals surface area contributed by atoms with Crippen LogP contribution >= 0.6 is 15.6 Å². The van der Waals surface area contributed by atoms with Crippen molar-refractivity contribution in [1.82, 2.24) is 0 Å². The molecular weight excluding hydrogens is 1200 g/mol. The van der Waals surface area contributed by atoms with Crippen LogP contribution in [0.2, 0.25) is 0 Å². The molecule has 0 aliphatic rings. The van der Waals surface area contributed by atoms with Crippen molar-refractivity contribution in [2.75, 3.05) is 39.6 Å². The first kappa shape index (κ1) is 89.1. The average molecular weight is 1340 g/mol. The molecule has 0 rings (SSSR count). The summed E-state index contributed by atoms with van der Waals surface area (Å²) in [5.74, 6) is 0.774. The van der Waals surface area contributed by atoms with E-state index < -0.39 is 97.5 Å². The lowest BCUT2D eigenvalue weighted by Gasteiger charge is -2.21. The minimum absolute atomic E-state index is 0.101. The van der Waals surface area contributed by atoms with Gasteiger partial charge in [-0.05, 0) is 49.4 Å². The number of aliphatic hydroxyl groups excluding tert-OH is 1. The molecule has 0 aliphatic heterocycles. The van der Waals surface area contributed by atoms with E-state index in [1.54, 1.807) is 0 Å². The van der Waals surface area contributed by atoms with Crippen LogP contribution in [0.25, 0.3) is 0 Å². The van der Waals surface area contributed by atoms with Gasteiger partial charge in [0, 0.05) is 25.7 Å². The highest BCUT2D eigenvalue weighted by Gasteiger charge is 2.30. The summed E-state index contributed by atoms with van der Waals surface area (Å²) < 4.78 is 68.2. The lowest BCUT2D eigenvalue weighted by atomic mass is 10.0. The average Bonchev–Trinajstić information content (AvgIpc) is 3.71. The number of unbranched alkanes of at least 4 members (excludes halogenated alkanes) is 35. The fourth-order valence-electron chi connectivity index (χ4n) is 10.8. The van der Waals surface area contributed by atoms with Gasteiger partial charge in [0.15, 0.2) is 12.2 Å². The number of esters is 4. The first-order chi connectivity index (χ1) is 43.6. The molecule has 17 nitrogen and oxygen atoms in total. The van der Waals surface area contributed by atoms with Gasteiger partial charge in [-0.15, -0.1) is 0 Å². The van der Waals surface area contributed by atoms with Crippen LogP contribution in [0.15, 0.2) is 0 Å². The van der Waals surface area contributed by atoms with E-state index in [-0.39, 0.29) is 25.7 Å². The van der Waals surface area contributed by atoms with Gasteiger partial charge in [0.1, 0.15) is 19.3 Å². The van der Waals surface area contributed by atoms with Crippen molar-refractivity contribution < 1.29 is 80.2 Å². The van der Waals surface area contributed by atoms with Gasteiger partial charge in [-0.2, -0.15) is 0 Å².